The van der Waals surface area contributed by atoms with Gasteiger partial charge in [0.05, 0.1) is 25.9 Å². The van der Waals surface area contributed by atoms with Gasteiger partial charge >= 0.3 is 0 Å². The number of benzene rings is 2. The number of rotatable bonds is 8. The molecular formula is C22H26O5. The molecule has 1 heterocycles. The molecule has 0 amide bonds. The first kappa shape index (κ1) is 18.6. The molecule has 0 aromatic heterocycles. The van der Waals surface area contributed by atoms with Crippen molar-refractivity contribution in [1.29, 1.82) is 0 Å². The van der Waals surface area contributed by atoms with Crippen LogP contribution in [0.1, 0.15) is 17.5 Å². The Balaban J connectivity index is 1.33. The van der Waals surface area contributed by atoms with Crippen molar-refractivity contribution in [2.45, 2.75) is 43.7 Å². The fourth-order valence-electron chi connectivity index (χ4n) is 3.81. The Morgan fingerprint density at radius 1 is 1.00 bits per heavy atom. The fraction of sp³-hybridized carbons (Fsp3) is 0.455. The standard InChI is InChI=1S/C22H26O5/c1-24-21-20(26-14-17-10-6-3-7-11-17)19(23)18-12-22(18,27-21)15-25-13-16-8-4-2-5-9-16/h2-11,18-21,23H,12-15H2,1H3/t18-,19-,20+,21+,22-/m0/s1. The van der Waals surface area contributed by atoms with Crippen LogP contribution in [-0.4, -0.2) is 42.9 Å². The lowest BCUT2D eigenvalue weighted by molar-refractivity contribution is -0.283. The molecule has 1 saturated carbocycles. The minimum Gasteiger partial charge on any atom is -0.390 e. The summed E-state index contributed by atoms with van der Waals surface area (Å²) in [7, 11) is 1.58. The third-order valence-electron chi connectivity index (χ3n) is 5.42. The molecule has 2 fully saturated rings. The van der Waals surface area contributed by atoms with Gasteiger partial charge in [-0.2, -0.15) is 0 Å². The molecule has 0 spiro atoms. The van der Waals surface area contributed by atoms with Gasteiger partial charge in [0.2, 0.25) is 0 Å². The van der Waals surface area contributed by atoms with E-state index in [-0.39, 0.29) is 5.92 Å². The molecule has 0 bridgehead atoms. The van der Waals surface area contributed by atoms with Crippen LogP contribution in [-0.2, 0) is 32.2 Å². The number of aliphatic hydroxyl groups excluding tert-OH is 1. The molecule has 1 saturated heterocycles. The molecule has 5 heteroatoms. The van der Waals surface area contributed by atoms with Crippen molar-refractivity contribution in [3.8, 4) is 0 Å². The average molecular weight is 370 g/mol. The van der Waals surface area contributed by atoms with Crippen molar-refractivity contribution in [2.75, 3.05) is 13.7 Å². The van der Waals surface area contributed by atoms with Crippen LogP contribution in [0.3, 0.4) is 0 Å². The molecule has 1 aliphatic carbocycles. The van der Waals surface area contributed by atoms with E-state index < -0.39 is 24.1 Å². The summed E-state index contributed by atoms with van der Waals surface area (Å²) in [6.07, 6.45) is -0.992. The van der Waals surface area contributed by atoms with Gasteiger partial charge in [0.1, 0.15) is 11.7 Å². The first-order chi connectivity index (χ1) is 13.2. The number of fused-ring (bicyclic) bond motifs is 1. The Morgan fingerprint density at radius 2 is 1.63 bits per heavy atom. The highest BCUT2D eigenvalue weighted by Crippen LogP contribution is 2.55. The number of hydrogen-bond donors (Lipinski definition) is 1. The van der Waals surface area contributed by atoms with Crippen molar-refractivity contribution >= 4 is 0 Å². The van der Waals surface area contributed by atoms with E-state index in [0.29, 0.717) is 19.8 Å². The third kappa shape index (κ3) is 4.08. The summed E-state index contributed by atoms with van der Waals surface area (Å²) in [6, 6.07) is 19.9. The van der Waals surface area contributed by atoms with Crippen LogP contribution in [0, 0.1) is 5.92 Å². The highest BCUT2D eigenvalue weighted by Gasteiger charge is 2.66. The molecule has 1 N–H and O–H groups in total. The van der Waals surface area contributed by atoms with Gasteiger partial charge in [-0.25, -0.2) is 0 Å². The van der Waals surface area contributed by atoms with Crippen LogP contribution < -0.4 is 0 Å². The molecule has 144 valence electrons. The highest BCUT2D eigenvalue weighted by atomic mass is 16.7. The number of hydrogen-bond acceptors (Lipinski definition) is 5. The zero-order valence-electron chi connectivity index (χ0n) is 15.5. The van der Waals surface area contributed by atoms with Crippen LogP contribution in [0.5, 0.6) is 0 Å². The third-order valence-corrected chi connectivity index (χ3v) is 5.42. The summed E-state index contributed by atoms with van der Waals surface area (Å²) in [5.41, 5.74) is 1.70. The first-order valence-electron chi connectivity index (χ1n) is 9.38. The molecular weight excluding hydrogens is 344 g/mol. The maximum atomic E-state index is 10.8. The van der Waals surface area contributed by atoms with Crippen LogP contribution in [0.2, 0.25) is 0 Å². The fourth-order valence-corrected chi connectivity index (χ4v) is 3.81. The first-order valence-corrected chi connectivity index (χ1v) is 9.38. The summed E-state index contributed by atoms with van der Waals surface area (Å²) in [5.74, 6) is 0.0143. The molecule has 5 nitrogen and oxygen atoms in total. The lowest BCUT2D eigenvalue weighted by Gasteiger charge is -2.38. The van der Waals surface area contributed by atoms with Gasteiger partial charge in [0, 0.05) is 13.0 Å². The maximum Gasteiger partial charge on any atom is 0.186 e. The van der Waals surface area contributed by atoms with Gasteiger partial charge in [-0.1, -0.05) is 60.7 Å². The van der Waals surface area contributed by atoms with Crippen molar-refractivity contribution in [3.05, 3.63) is 71.8 Å². The van der Waals surface area contributed by atoms with E-state index in [0.717, 1.165) is 17.5 Å². The van der Waals surface area contributed by atoms with Gasteiger partial charge in [-0.3, -0.25) is 0 Å². The predicted octanol–water partition coefficient (Wildman–Crippen LogP) is 2.91. The minimum absolute atomic E-state index is 0.0143. The largest absolute Gasteiger partial charge is 0.390 e. The smallest absolute Gasteiger partial charge is 0.186 e. The van der Waals surface area contributed by atoms with Gasteiger partial charge < -0.3 is 24.1 Å². The zero-order chi connectivity index (χ0) is 18.7. The van der Waals surface area contributed by atoms with E-state index in [1.807, 2.05) is 60.7 Å². The van der Waals surface area contributed by atoms with Gasteiger partial charge in [-0.15, -0.1) is 0 Å². The second kappa shape index (κ2) is 8.09. The Hall–Kier alpha value is -1.76. The second-order valence-electron chi connectivity index (χ2n) is 7.33. The minimum atomic E-state index is -0.632. The van der Waals surface area contributed by atoms with Crippen molar-refractivity contribution in [1.82, 2.24) is 0 Å². The van der Waals surface area contributed by atoms with Crippen LogP contribution in [0.4, 0.5) is 0 Å². The average Bonchev–Trinajstić information content (AvgIpc) is 3.43. The number of aliphatic hydroxyl groups is 1. The maximum absolute atomic E-state index is 10.8. The Labute approximate surface area is 159 Å². The van der Waals surface area contributed by atoms with E-state index in [9.17, 15) is 5.11 Å². The molecule has 0 unspecified atom stereocenters. The van der Waals surface area contributed by atoms with E-state index in [1.54, 1.807) is 7.11 Å². The summed E-state index contributed by atoms with van der Waals surface area (Å²) in [5, 5.41) is 10.8. The summed E-state index contributed by atoms with van der Waals surface area (Å²) in [6.45, 7) is 1.38. The Morgan fingerprint density at radius 3 is 2.26 bits per heavy atom. The molecule has 5 atom stereocenters. The van der Waals surface area contributed by atoms with Gasteiger partial charge in [0.25, 0.3) is 0 Å². The van der Waals surface area contributed by atoms with Crippen LogP contribution in [0.25, 0.3) is 0 Å². The highest BCUT2D eigenvalue weighted by molar-refractivity contribution is 5.16. The summed E-state index contributed by atoms with van der Waals surface area (Å²) >= 11 is 0. The van der Waals surface area contributed by atoms with Crippen molar-refractivity contribution in [2.24, 2.45) is 5.92 Å². The lowest BCUT2D eigenvalue weighted by Crippen LogP contribution is -2.52. The monoisotopic (exact) mass is 370 g/mol. The van der Waals surface area contributed by atoms with E-state index in [2.05, 4.69) is 0 Å². The van der Waals surface area contributed by atoms with Gasteiger partial charge in [-0.05, 0) is 17.5 Å². The SMILES string of the molecule is CO[C@@H]1O[C@]2(COCc3ccccc3)C[C@H]2[C@H](O)[C@H]1OCc1ccccc1. The van der Waals surface area contributed by atoms with Gasteiger partial charge in [0.15, 0.2) is 6.29 Å². The van der Waals surface area contributed by atoms with Crippen LogP contribution in [0.15, 0.2) is 60.7 Å². The van der Waals surface area contributed by atoms with E-state index in [1.165, 1.54) is 0 Å². The Bertz CT molecular complexity index is 722. The normalized spacial score (nSPS) is 32.1. The van der Waals surface area contributed by atoms with E-state index >= 15 is 0 Å². The zero-order valence-corrected chi connectivity index (χ0v) is 15.5. The molecule has 1 aliphatic heterocycles. The predicted molar refractivity (Wildman–Crippen MR) is 99.8 cm³/mol. The summed E-state index contributed by atoms with van der Waals surface area (Å²) in [4.78, 5) is 0. The molecule has 0 radical (unpaired) electrons. The number of ether oxygens (including phenoxy) is 4. The Kier molecular flexibility index (Phi) is 5.57. The molecule has 4 rings (SSSR count). The summed E-state index contributed by atoms with van der Waals surface area (Å²) < 4.78 is 23.5. The van der Waals surface area contributed by atoms with E-state index in [4.69, 9.17) is 18.9 Å². The van der Waals surface area contributed by atoms with Crippen LogP contribution >= 0.6 is 0 Å². The van der Waals surface area contributed by atoms with Crippen molar-refractivity contribution < 1.29 is 24.1 Å². The molecule has 2 aromatic rings. The number of methoxy groups -OCH3 is 1. The molecule has 2 aliphatic rings. The quantitative estimate of drug-likeness (QED) is 0.774. The van der Waals surface area contributed by atoms with Crippen molar-refractivity contribution in [3.63, 3.8) is 0 Å². The molecule has 2 aromatic carbocycles. The lowest BCUT2D eigenvalue weighted by atomic mass is 10.0. The molecule has 27 heavy (non-hydrogen) atoms. The second-order valence-corrected chi connectivity index (χ2v) is 7.33. The topological polar surface area (TPSA) is 57.2 Å².